The molecule has 0 saturated carbocycles. The van der Waals surface area contributed by atoms with Crippen molar-refractivity contribution in [2.45, 2.75) is 24.9 Å². The van der Waals surface area contributed by atoms with Gasteiger partial charge in [0.25, 0.3) is 5.69 Å². The summed E-state index contributed by atoms with van der Waals surface area (Å²) in [7, 11) is -2.17. The maximum absolute atomic E-state index is 11.4. The van der Waals surface area contributed by atoms with E-state index in [2.05, 4.69) is 0 Å². The van der Waals surface area contributed by atoms with Gasteiger partial charge in [0, 0.05) is 32.5 Å². The number of hydrogen-bond donors (Lipinski definition) is 1. The lowest BCUT2D eigenvalue weighted by molar-refractivity contribution is -0.384. The fraction of sp³-hybridized carbons (Fsp3) is 0.636. The molecule has 10 heteroatoms. The number of methoxy groups -OCH3 is 1. The van der Waals surface area contributed by atoms with Crippen LogP contribution >= 0.6 is 7.60 Å². The standard InChI is InChI=1S/C11H17N2O7P/c1-18-7-10-9(20-21(2,16)17)5-11(19-10)12-4-3-8(6-12)13(14)15/h3-4,6,9-11H,5,7H2,1-2H3,(H,16,17)/t9-,10-,11-/m1/s1. The first-order chi connectivity index (χ1) is 9.80. The van der Waals surface area contributed by atoms with Crippen LogP contribution in [0.1, 0.15) is 12.6 Å². The largest absolute Gasteiger partial charge is 0.382 e. The van der Waals surface area contributed by atoms with Crippen molar-refractivity contribution in [3.63, 3.8) is 0 Å². The predicted molar refractivity (Wildman–Crippen MR) is 72.1 cm³/mol. The summed E-state index contributed by atoms with van der Waals surface area (Å²) in [4.78, 5) is 19.5. The second-order valence-electron chi connectivity index (χ2n) is 4.84. The molecule has 0 unspecified atom stereocenters. The third kappa shape index (κ3) is 4.12. The van der Waals surface area contributed by atoms with Crippen LogP contribution in [0.5, 0.6) is 0 Å². The van der Waals surface area contributed by atoms with E-state index in [-0.39, 0.29) is 12.3 Å². The summed E-state index contributed by atoms with van der Waals surface area (Å²) in [6.45, 7) is 1.30. The highest BCUT2D eigenvalue weighted by atomic mass is 31.2. The Labute approximate surface area is 121 Å². The molecule has 1 aromatic heterocycles. The summed E-state index contributed by atoms with van der Waals surface area (Å²) in [5, 5.41) is 10.7. The summed E-state index contributed by atoms with van der Waals surface area (Å²) >= 11 is 0. The summed E-state index contributed by atoms with van der Waals surface area (Å²) in [6, 6.07) is 1.36. The Balaban J connectivity index is 2.11. The molecule has 118 valence electrons. The highest BCUT2D eigenvalue weighted by Crippen LogP contribution is 2.44. The van der Waals surface area contributed by atoms with Gasteiger partial charge in [-0.15, -0.1) is 0 Å². The van der Waals surface area contributed by atoms with Crippen molar-refractivity contribution in [1.82, 2.24) is 4.57 Å². The van der Waals surface area contributed by atoms with Gasteiger partial charge in [-0.2, -0.15) is 0 Å². The Hall–Kier alpha value is -1.25. The molecular formula is C11H17N2O7P. The molecule has 2 heterocycles. The van der Waals surface area contributed by atoms with E-state index < -0.39 is 31.0 Å². The van der Waals surface area contributed by atoms with Crippen LogP contribution in [0.4, 0.5) is 5.69 Å². The van der Waals surface area contributed by atoms with Crippen molar-refractivity contribution >= 4 is 13.3 Å². The number of nitro groups is 1. The number of nitrogens with zero attached hydrogens (tertiary/aromatic N) is 2. The highest BCUT2D eigenvalue weighted by Gasteiger charge is 2.39. The van der Waals surface area contributed by atoms with Crippen LogP contribution in [0.2, 0.25) is 0 Å². The third-order valence-corrected chi connectivity index (χ3v) is 3.75. The molecule has 0 bridgehead atoms. The summed E-state index contributed by atoms with van der Waals surface area (Å²) in [5.41, 5.74) is -0.0467. The molecule has 0 radical (unpaired) electrons. The van der Waals surface area contributed by atoms with E-state index in [1.807, 2.05) is 0 Å². The zero-order valence-electron chi connectivity index (χ0n) is 11.6. The molecule has 4 atom stereocenters. The van der Waals surface area contributed by atoms with Gasteiger partial charge in [0.2, 0.25) is 0 Å². The van der Waals surface area contributed by atoms with Crippen molar-refractivity contribution in [3.05, 3.63) is 28.6 Å². The van der Waals surface area contributed by atoms with Gasteiger partial charge >= 0.3 is 7.60 Å². The van der Waals surface area contributed by atoms with Crippen molar-refractivity contribution in [2.24, 2.45) is 0 Å². The normalized spacial score (nSPS) is 28.4. The van der Waals surface area contributed by atoms with Gasteiger partial charge in [0.15, 0.2) is 0 Å². The summed E-state index contributed by atoms with van der Waals surface area (Å²) in [6.07, 6.45) is 1.55. The van der Waals surface area contributed by atoms with Crippen LogP contribution in [0.3, 0.4) is 0 Å². The van der Waals surface area contributed by atoms with Gasteiger partial charge in [-0.1, -0.05) is 0 Å². The maximum Gasteiger partial charge on any atom is 0.325 e. The molecule has 0 amide bonds. The van der Waals surface area contributed by atoms with E-state index in [0.29, 0.717) is 6.42 Å². The van der Waals surface area contributed by atoms with Crippen LogP contribution < -0.4 is 0 Å². The predicted octanol–water partition coefficient (Wildman–Crippen LogP) is 1.53. The minimum absolute atomic E-state index is 0.0467. The lowest BCUT2D eigenvalue weighted by atomic mass is 10.2. The summed E-state index contributed by atoms with van der Waals surface area (Å²) in [5.74, 6) is 0. The minimum Gasteiger partial charge on any atom is -0.382 e. The molecule has 1 N–H and O–H groups in total. The van der Waals surface area contributed by atoms with Crippen molar-refractivity contribution in [2.75, 3.05) is 20.4 Å². The Morgan fingerprint density at radius 3 is 2.90 bits per heavy atom. The number of ether oxygens (including phenoxy) is 2. The van der Waals surface area contributed by atoms with Crippen LogP contribution in [0, 0.1) is 10.1 Å². The molecule has 1 saturated heterocycles. The number of hydrogen-bond acceptors (Lipinski definition) is 6. The minimum atomic E-state index is -3.66. The van der Waals surface area contributed by atoms with Crippen LogP contribution in [0.25, 0.3) is 0 Å². The van der Waals surface area contributed by atoms with Gasteiger partial charge in [0.05, 0.1) is 23.8 Å². The van der Waals surface area contributed by atoms with Gasteiger partial charge in [-0.3, -0.25) is 14.7 Å². The molecule has 21 heavy (non-hydrogen) atoms. The molecule has 1 fully saturated rings. The topological polar surface area (TPSA) is 113 Å². The quantitative estimate of drug-likeness (QED) is 0.480. The zero-order valence-corrected chi connectivity index (χ0v) is 12.5. The van der Waals surface area contributed by atoms with E-state index in [1.165, 1.54) is 25.6 Å². The van der Waals surface area contributed by atoms with E-state index in [4.69, 9.17) is 14.0 Å². The van der Waals surface area contributed by atoms with E-state index in [9.17, 15) is 19.6 Å². The van der Waals surface area contributed by atoms with Gasteiger partial charge in [-0.25, -0.2) is 0 Å². The van der Waals surface area contributed by atoms with E-state index in [1.54, 1.807) is 4.57 Å². The molecular weight excluding hydrogens is 303 g/mol. The van der Waals surface area contributed by atoms with E-state index >= 15 is 0 Å². The Kier molecular flexibility index (Phi) is 4.80. The molecule has 1 aliphatic rings. The lowest BCUT2D eigenvalue weighted by Crippen LogP contribution is -2.27. The first-order valence-electron chi connectivity index (χ1n) is 6.25. The second kappa shape index (κ2) is 6.25. The Morgan fingerprint density at radius 2 is 2.38 bits per heavy atom. The van der Waals surface area contributed by atoms with Gasteiger partial charge in [0.1, 0.15) is 12.3 Å². The third-order valence-electron chi connectivity index (χ3n) is 3.08. The molecule has 9 nitrogen and oxygen atoms in total. The first-order valence-corrected chi connectivity index (χ1v) is 8.27. The van der Waals surface area contributed by atoms with Gasteiger partial charge < -0.3 is 23.5 Å². The Morgan fingerprint density at radius 1 is 1.67 bits per heavy atom. The second-order valence-corrected chi connectivity index (χ2v) is 6.66. The number of rotatable bonds is 6. The molecule has 0 aliphatic carbocycles. The van der Waals surface area contributed by atoms with Crippen LogP contribution in [-0.2, 0) is 18.6 Å². The Bertz CT molecular complexity index is 555. The van der Waals surface area contributed by atoms with Gasteiger partial charge in [-0.05, 0) is 0 Å². The lowest BCUT2D eigenvalue weighted by Gasteiger charge is -2.19. The van der Waals surface area contributed by atoms with Crippen LogP contribution in [0.15, 0.2) is 18.5 Å². The zero-order chi connectivity index (χ0) is 15.6. The summed E-state index contributed by atoms with van der Waals surface area (Å²) < 4.78 is 28.8. The molecule has 0 spiro atoms. The van der Waals surface area contributed by atoms with E-state index in [0.717, 1.165) is 6.66 Å². The van der Waals surface area contributed by atoms with Crippen molar-refractivity contribution in [3.8, 4) is 0 Å². The maximum atomic E-state index is 11.4. The average Bonchev–Trinajstić information content (AvgIpc) is 2.95. The molecule has 0 aromatic carbocycles. The smallest absolute Gasteiger partial charge is 0.325 e. The fourth-order valence-corrected chi connectivity index (χ4v) is 2.97. The first kappa shape index (κ1) is 16.1. The molecule has 1 aromatic rings. The highest BCUT2D eigenvalue weighted by molar-refractivity contribution is 7.51. The fourth-order valence-electron chi connectivity index (χ4n) is 2.25. The van der Waals surface area contributed by atoms with Crippen molar-refractivity contribution in [1.29, 1.82) is 0 Å². The number of aromatic nitrogens is 1. The SMILES string of the molecule is COC[C@H]1O[C@@H](n2ccc([N+](=O)[O-])c2)C[C@H]1O[P@](C)(=O)O. The molecule has 2 rings (SSSR count). The van der Waals surface area contributed by atoms with Crippen molar-refractivity contribution < 1.29 is 28.4 Å². The molecule has 1 aliphatic heterocycles. The monoisotopic (exact) mass is 320 g/mol. The average molecular weight is 320 g/mol. The van der Waals surface area contributed by atoms with Crippen LogP contribution in [-0.4, -0.2) is 47.0 Å².